The lowest BCUT2D eigenvalue weighted by atomic mass is 10.00. The largest absolute Gasteiger partial charge is 0.395 e. The molecule has 108 valence electrons. The molecular formula is C14H23FN2O2. The molecule has 0 aliphatic heterocycles. The van der Waals surface area contributed by atoms with E-state index in [1.165, 1.54) is 12.1 Å². The Labute approximate surface area is 113 Å². The Bertz CT molecular complexity index is 370. The Morgan fingerprint density at radius 3 is 2.47 bits per heavy atom. The van der Waals surface area contributed by atoms with Crippen molar-refractivity contribution in [3.63, 3.8) is 0 Å². The quantitative estimate of drug-likeness (QED) is 0.790. The van der Waals surface area contributed by atoms with Crippen LogP contribution in [-0.2, 0) is 0 Å². The molecule has 19 heavy (non-hydrogen) atoms. The van der Waals surface area contributed by atoms with Crippen molar-refractivity contribution in [2.24, 2.45) is 5.92 Å². The van der Waals surface area contributed by atoms with Crippen molar-refractivity contribution in [2.45, 2.75) is 32.9 Å². The van der Waals surface area contributed by atoms with Gasteiger partial charge in [0.1, 0.15) is 5.82 Å². The van der Waals surface area contributed by atoms with Gasteiger partial charge in [-0.3, -0.25) is 9.88 Å². The first-order chi connectivity index (χ1) is 8.95. The van der Waals surface area contributed by atoms with Gasteiger partial charge in [0.15, 0.2) is 0 Å². The van der Waals surface area contributed by atoms with Gasteiger partial charge in [-0.2, -0.15) is 0 Å². The molecule has 1 heterocycles. The number of nitrogens with zero attached hydrogens (tertiary/aromatic N) is 2. The lowest BCUT2D eigenvalue weighted by molar-refractivity contribution is 0.0677. The third kappa shape index (κ3) is 4.86. The third-order valence-electron chi connectivity index (χ3n) is 3.23. The van der Waals surface area contributed by atoms with Gasteiger partial charge in [0, 0.05) is 25.0 Å². The van der Waals surface area contributed by atoms with Crippen LogP contribution in [0.25, 0.3) is 0 Å². The number of rotatable bonds is 7. The van der Waals surface area contributed by atoms with E-state index < -0.39 is 11.9 Å². The van der Waals surface area contributed by atoms with Crippen molar-refractivity contribution in [1.29, 1.82) is 0 Å². The zero-order valence-corrected chi connectivity index (χ0v) is 11.8. The summed E-state index contributed by atoms with van der Waals surface area (Å²) in [6.07, 6.45) is 0.375. The Balaban J connectivity index is 2.65. The minimum absolute atomic E-state index is 0.0492. The molecule has 2 N–H and O–H groups in total. The molecule has 1 rings (SSSR count). The fourth-order valence-corrected chi connectivity index (χ4v) is 2.01. The average molecular weight is 270 g/mol. The Morgan fingerprint density at radius 1 is 1.32 bits per heavy atom. The molecule has 2 unspecified atom stereocenters. The summed E-state index contributed by atoms with van der Waals surface area (Å²) < 4.78 is 12.8. The van der Waals surface area contributed by atoms with Gasteiger partial charge in [0.05, 0.1) is 24.6 Å². The second kappa shape index (κ2) is 7.53. The van der Waals surface area contributed by atoms with Gasteiger partial charge in [-0.05, 0) is 26.0 Å². The van der Waals surface area contributed by atoms with E-state index >= 15 is 0 Å². The number of aliphatic hydroxyl groups excluding tert-OH is 2. The molecule has 1 aromatic rings. The maximum atomic E-state index is 12.8. The van der Waals surface area contributed by atoms with E-state index in [1.54, 1.807) is 0 Å². The molecule has 0 fully saturated rings. The monoisotopic (exact) mass is 270 g/mol. The zero-order valence-electron chi connectivity index (χ0n) is 11.8. The molecule has 0 spiro atoms. The Morgan fingerprint density at radius 2 is 2.00 bits per heavy atom. The molecule has 0 radical (unpaired) electrons. The third-order valence-corrected chi connectivity index (χ3v) is 3.23. The summed E-state index contributed by atoms with van der Waals surface area (Å²) in [5.74, 6) is -0.459. The first kappa shape index (κ1) is 16.0. The lowest BCUT2D eigenvalue weighted by Crippen LogP contribution is -2.38. The van der Waals surface area contributed by atoms with Crippen LogP contribution in [0.5, 0.6) is 0 Å². The predicted octanol–water partition coefficient (Wildman–Crippen LogP) is 1.59. The van der Waals surface area contributed by atoms with Gasteiger partial charge >= 0.3 is 0 Å². The van der Waals surface area contributed by atoms with Crippen molar-refractivity contribution in [2.75, 3.05) is 19.7 Å². The van der Waals surface area contributed by atoms with Crippen molar-refractivity contribution in [1.82, 2.24) is 9.88 Å². The highest BCUT2D eigenvalue weighted by molar-refractivity contribution is 5.08. The maximum absolute atomic E-state index is 12.8. The van der Waals surface area contributed by atoms with Gasteiger partial charge in [0.25, 0.3) is 0 Å². The van der Waals surface area contributed by atoms with E-state index in [9.17, 15) is 9.50 Å². The first-order valence-electron chi connectivity index (χ1n) is 6.60. The molecule has 0 saturated heterocycles. The van der Waals surface area contributed by atoms with E-state index in [0.717, 1.165) is 6.20 Å². The van der Waals surface area contributed by atoms with Crippen LogP contribution in [0.1, 0.15) is 32.6 Å². The van der Waals surface area contributed by atoms with E-state index in [1.807, 2.05) is 20.8 Å². The fraction of sp³-hybridized carbons (Fsp3) is 0.643. The normalized spacial score (nSPS) is 14.9. The molecule has 0 aromatic carbocycles. The summed E-state index contributed by atoms with van der Waals surface area (Å²) in [7, 11) is 0. The number of halogens is 1. The summed E-state index contributed by atoms with van der Waals surface area (Å²) >= 11 is 0. The van der Waals surface area contributed by atoms with Gasteiger partial charge in [-0.15, -0.1) is 0 Å². The second-order valence-electron chi connectivity index (χ2n) is 5.14. The fourth-order valence-electron chi connectivity index (χ4n) is 2.01. The molecule has 4 nitrogen and oxygen atoms in total. The molecule has 0 amide bonds. The van der Waals surface area contributed by atoms with Gasteiger partial charge < -0.3 is 10.2 Å². The number of hydrogen-bond donors (Lipinski definition) is 2. The van der Waals surface area contributed by atoms with Crippen molar-refractivity contribution in [3.8, 4) is 0 Å². The molecule has 0 bridgehead atoms. The standard InChI is InChI=1S/C14H23FN2O2/c1-10(2)17(6-7-18)9-11(3)14(19)13-5-4-12(15)8-16-13/h4-5,8,10-11,14,18-19H,6-7,9H2,1-3H3. The molecule has 5 heteroatoms. The summed E-state index contributed by atoms with van der Waals surface area (Å²) in [4.78, 5) is 6.00. The van der Waals surface area contributed by atoms with Crippen LogP contribution in [0.4, 0.5) is 4.39 Å². The first-order valence-corrected chi connectivity index (χ1v) is 6.60. The second-order valence-corrected chi connectivity index (χ2v) is 5.14. The van der Waals surface area contributed by atoms with Gasteiger partial charge in [-0.25, -0.2) is 4.39 Å². The number of aromatic nitrogens is 1. The van der Waals surface area contributed by atoms with Crippen LogP contribution in [0, 0.1) is 11.7 Å². The van der Waals surface area contributed by atoms with E-state index in [-0.39, 0.29) is 12.5 Å². The lowest BCUT2D eigenvalue weighted by Gasteiger charge is -2.30. The minimum atomic E-state index is -0.736. The highest BCUT2D eigenvalue weighted by Gasteiger charge is 2.21. The van der Waals surface area contributed by atoms with Crippen LogP contribution in [0.3, 0.4) is 0 Å². The molecule has 0 saturated carbocycles. The maximum Gasteiger partial charge on any atom is 0.141 e. The summed E-state index contributed by atoms with van der Waals surface area (Å²) in [5.41, 5.74) is 0.474. The smallest absolute Gasteiger partial charge is 0.141 e. The van der Waals surface area contributed by atoms with Crippen molar-refractivity contribution < 1.29 is 14.6 Å². The number of aliphatic hydroxyl groups is 2. The summed E-state index contributed by atoms with van der Waals surface area (Å²) in [6, 6.07) is 3.09. The molecule has 2 atom stereocenters. The molecular weight excluding hydrogens is 247 g/mol. The Kier molecular flexibility index (Phi) is 6.34. The zero-order chi connectivity index (χ0) is 14.4. The van der Waals surface area contributed by atoms with E-state index in [0.29, 0.717) is 24.8 Å². The van der Waals surface area contributed by atoms with E-state index in [4.69, 9.17) is 5.11 Å². The molecule has 1 aromatic heterocycles. The average Bonchev–Trinajstić information content (AvgIpc) is 2.38. The number of pyridine rings is 1. The highest BCUT2D eigenvalue weighted by atomic mass is 19.1. The highest BCUT2D eigenvalue weighted by Crippen LogP contribution is 2.21. The Hall–Kier alpha value is -1.04. The van der Waals surface area contributed by atoms with Crippen LogP contribution in [-0.4, -0.2) is 45.8 Å². The predicted molar refractivity (Wildman–Crippen MR) is 72.1 cm³/mol. The SMILES string of the molecule is CC(CN(CCO)C(C)C)C(O)c1ccc(F)cn1. The van der Waals surface area contributed by atoms with Crippen LogP contribution in [0.15, 0.2) is 18.3 Å². The summed E-state index contributed by atoms with van der Waals surface area (Å²) in [6.45, 7) is 7.33. The molecule has 0 aliphatic carbocycles. The van der Waals surface area contributed by atoms with Crippen LogP contribution < -0.4 is 0 Å². The minimum Gasteiger partial charge on any atom is -0.395 e. The number of hydrogen-bond acceptors (Lipinski definition) is 4. The van der Waals surface area contributed by atoms with E-state index in [2.05, 4.69) is 9.88 Å². The topological polar surface area (TPSA) is 56.6 Å². The van der Waals surface area contributed by atoms with Gasteiger partial charge in [0.2, 0.25) is 0 Å². The summed E-state index contributed by atoms with van der Waals surface area (Å²) in [5, 5.41) is 19.2. The van der Waals surface area contributed by atoms with Crippen LogP contribution in [0.2, 0.25) is 0 Å². The van der Waals surface area contributed by atoms with Crippen molar-refractivity contribution in [3.05, 3.63) is 29.8 Å². The van der Waals surface area contributed by atoms with Crippen molar-refractivity contribution >= 4 is 0 Å². The van der Waals surface area contributed by atoms with Crippen LogP contribution >= 0.6 is 0 Å². The molecule has 0 aliphatic rings. The van der Waals surface area contributed by atoms with Gasteiger partial charge in [-0.1, -0.05) is 6.92 Å².